The van der Waals surface area contributed by atoms with Crippen LogP contribution in [0.25, 0.3) is 0 Å². The van der Waals surface area contributed by atoms with E-state index in [0.717, 1.165) is 0 Å². The highest BCUT2D eigenvalue weighted by Gasteiger charge is 2.27. The lowest BCUT2D eigenvalue weighted by Crippen LogP contribution is -2.34. The zero-order chi connectivity index (χ0) is 8.91. The van der Waals surface area contributed by atoms with Gasteiger partial charge in [0.2, 0.25) is 5.91 Å². The molecule has 0 aromatic rings. The Balaban J connectivity index is 3.46. The standard InChI is InChI=1S/C5H9F3N2O/c1-9-10-4(11)2-3-5(6,7)8/h9H,2-3H2,1H3,(H,10,11). The number of halogens is 3. The van der Waals surface area contributed by atoms with Crippen molar-refractivity contribution in [1.82, 2.24) is 10.9 Å². The van der Waals surface area contributed by atoms with Crippen LogP contribution in [0.5, 0.6) is 0 Å². The number of nitrogens with one attached hydrogen (secondary N) is 2. The molecule has 0 aromatic heterocycles. The second kappa shape index (κ2) is 4.17. The van der Waals surface area contributed by atoms with Crippen LogP contribution < -0.4 is 10.9 Å². The van der Waals surface area contributed by atoms with Gasteiger partial charge in [0.15, 0.2) is 0 Å². The van der Waals surface area contributed by atoms with E-state index < -0.39 is 24.9 Å². The van der Waals surface area contributed by atoms with Gasteiger partial charge in [0.1, 0.15) is 0 Å². The van der Waals surface area contributed by atoms with Crippen molar-refractivity contribution in [2.45, 2.75) is 19.0 Å². The van der Waals surface area contributed by atoms with Gasteiger partial charge in [-0.25, -0.2) is 5.43 Å². The molecular formula is C5H9F3N2O. The molecule has 0 aliphatic heterocycles. The summed E-state index contributed by atoms with van der Waals surface area (Å²) >= 11 is 0. The summed E-state index contributed by atoms with van der Waals surface area (Å²) < 4.78 is 34.4. The van der Waals surface area contributed by atoms with Crippen LogP contribution in [0, 0.1) is 0 Å². The molecule has 6 heteroatoms. The van der Waals surface area contributed by atoms with Gasteiger partial charge in [-0.15, -0.1) is 0 Å². The average molecular weight is 170 g/mol. The summed E-state index contributed by atoms with van der Waals surface area (Å²) in [6, 6.07) is 0. The lowest BCUT2D eigenvalue weighted by atomic mass is 10.3. The Morgan fingerprint density at radius 3 is 2.36 bits per heavy atom. The number of alkyl halides is 3. The molecule has 0 aliphatic rings. The van der Waals surface area contributed by atoms with Crippen LogP contribution in [0.15, 0.2) is 0 Å². The molecular weight excluding hydrogens is 161 g/mol. The highest BCUT2D eigenvalue weighted by Crippen LogP contribution is 2.20. The van der Waals surface area contributed by atoms with Crippen LogP contribution in [-0.4, -0.2) is 19.1 Å². The Morgan fingerprint density at radius 1 is 1.45 bits per heavy atom. The van der Waals surface area contributed by atoms with Crippen LogP contribution >= 0.6 is 0 Å². The van der Waals surface area contributed by atoms with Gasteiger partial charge in [-0.1, -0.05) is 0 Å². The van der Waals surface area contributed by atoms with Crippen molar-refractivity contribution >= 4 is 5.91 Å². The minimum absolute atomic E-state index is 0.537. The monoisotopic (exact) mass is 170 g/mol. The quantitative estimate of drug-likeness (QED) is 0.608. The molecule has 0 saturated carbocycles. The van der Waals surface area contributed by atoms with Crippen molar-refractivity contribution in [3.8, 4) is 0 Å². The molecule has 0 aromatic carbocycles. The molecule has 0 fully saturated rings. The molecule has 0 unspecified atom stereocenters. The summed E-state index contributed by atoms with van der Waals surface area (Å²) in [6.45, 7) is 0. The molecule has 66 valence electrons. The molecule has 0 radical (unpaired) electrons. The third-order valence-corrected chi connectivity index (χ3v) is 0.900. The zero-order valence-electron chi connectivity index (χ0n) is 5.96. The van der Waals surface area contributed by atoms with Crippen LogP contribution in [0.3, 0.4) is 0 Å². The molecule has 0 atom stereocenters. The molecule has 2 N–H and O–H groups in total. The number of rotatable bonds is 3. The molecule has 0 saturated heterocycles. The molecule has 11 heavy (non-hydrogen) atoms. The molecule has 1 amide bonds. The molecule has 0 bridgehead atoms. The maximum atomic E-state index is 11.5. The van der Waals surface area contributed by atoms with E-state index in [2.05, 4.69) is 5.43 Å². The van der Waals surface area contributed by atoms with E-state index >= 15 is 0 Å². The SMILES string of the molecule is CNNC(=O)CCC(F)(F)F. The maximum Gasteiger partial charge on any atom is 0.389 e. The second-order valence-electron chi connectivity index (χ2n) is 1.91. The molecule has 0 heterocycles. The lowest BCUT2D eigenvalue weighted by molar-refractivity contribution is -0.144. The Bertz CT molecular complexity index is 134. The van der Waals surface area contributed by atoms with E-state index in [1.165, 1.54) is 7.05 Å². The summed E-state index contributed by atoms with van der Waals surface area (Å²) in [5.74, 6) is -0.662. The summed E-state index contributed by atoms with van der Waals surface area (Å²) in [5, 5.41) is 0. The van der Waals surface area contributed by atoms with E-state index in [1.807, 2.05) is 5.43 Å². The van der Waals surface area contributed by atoms with E-state index in [-0.39, 0.29) is 0 Å². The number of carbonyl (C=O) groups excluding carboxylic acids is 1. The third kappa shape index (κ3) is 7.11. The smallest absolute Gasteiger partial charge is 0.292 e. The number of hydrogen-bond donors (Lipinski definition) is 2. The van der Waals surface area contributed by atoms with Gasteiger partial charge in [-0.2, -0.15) is 13.2 Å². The van der Waals surface area contributed by atoms with Gasteiger partial charge in [0.05, 0.1) is 6.42 Å². The molecule has 0 aliphatic carbocycles. The van der Waals surface area contributed by atoms with Crippen molar-refractivity contribution in [2.75, 3.05) is 7.05 Å². The first kappa shape index (κ1) is 10.2. The fourth-order valence-corrected chi connectivity index (χ4v) is 0.457. The molecule has 3 nitrogen and oxygen atoms in total. The van der Waals surface area contributed by atoms with Crippen molar-refractivity contribution in [2.24, 2.45) is 0 Å². The van der Waals surface area contributed by atoms with Crippen LogP contribution in [-0.2, 0) is 4.79 Å². The molecule has 0 spiro atoms. The highest BCUT2D eigenvalue weighted by molar-refractivity contribution is 5.75. The topological polar surface area (TPSA) is 41.1 Å². The van der Waals surface area contributed by atoms with Gasteiger partial charge in [0, 0.05) is 13.5 Å². The predicted octanol–water partition coefficient (Wildman–Crippen LogP) is 0.579. The van der Waals surface area contributed by atoms with E-state index in [1.54, 1.807) is 0 Å². The third-order valence-electron chi connectivity index (χ3n) is 0.900. The summed E-state index contributed by atoms with van der Waals surface area (Å²) in [5.41, 5.74) is 4.27. The van der Waals surface area contributed by atoms with Crippen molar-refractivity contribution in [1.29, 1.82) is 0 Å². The number of amides is 1. The Kier molecular flexibility index (Phi) is 3.88. The first-order valence-electron chi connectivity index (χ1n) is 2.98. The van der Waals surface area contributed by atoms with Crippen LogP contribution in [0.1, 0.15) is 12.8 Å². The maximum absolute atomic E-state index is 11.5. The normalized spacial score (nSPS) is 11.3. The Hall–Kier alpha value is -0.780. The van der Waals surface area contributed by atoms with Crippen molar-refractivity contribution in [3.63, 3.8) is 0 Å². The van der Waals surface area contributed by atoms with E-state index in [0.29, 0.717) is 0 Å². The average Bonchev–Trinajstić information content (AvgIpc) is 1.83. The largest absolute Gasteiger partial charge is 0.389 e. The number of hydrogen-bond acceptors (Lipinski definition) is 2. The summed E-state index contributed by atoms with van der Waals surface area (Å²) in [4.78, 5) is 10.4. The van der Waals surface area contributed by atoms with Crippen molar-refractivity contribution < 1.29 is 18.0 Å². The van der Waals surface area contributed by atoms with Crippen LogP contribution in [0.4, 0.5) is 13.2 Å². The van der Waals surface area contributed by atoms with Gasteiger partial charge in [-0.3, -0.25) is 10.2 Å². The first-order chi connectivity index (χ1) is 4.95. The van der Waals surface area contributed by atoms with E-state index in [4.69, 9.17) is 0 Å². The minimum Gasteiger partial charge on any atom is -0.292 e. The minimum atomic E-state index is -4.26. The Morgan fingerprint density at radius 2 is 2.00 bits per heavy atom. The van der Waals surface area contributed by atoms with Gasteiger partial charge in [-0.05, 0) is 0 Å². The van der Waals surface area contributed by atoms with Gasteiger partial charge < -0.3 is 0 Å². The van der Waals surface area contributed by atoms with Crippen molar-refractivity contribution in [3.05, 3.63) is 0 Å². The highest BCUT2D eigenvalue weighted by atomic mass is 19.4. The molecule has 0 rings (SSSR count). The number of hydrazine groups is 1. The van der Waals surface area contributed by atoms with E-state index in [9.17, 15) is 18.0 Å². The lowest BCUT2D eigenvalue weighted by Gasteiger charge is -2.05. The number of carbonyl (C=O) groups is 1. The summed E-state index contributed by atoms with van der Waals surface area (Å²) in [6.07, 6.45) is -5.88. The predicted molar refractivity (Wildman–Crippen MR) is 32.5 cm³/mol. The second-order valence-corrected chi connectivity index (χ2v) is 1.91. The van der Waals surface area contributed by atoms with Gasteiger partial charge in [0.25, 0.3) is 0 Å². The first-order valence-corrected chi connectivity index (χ1v) is 2.98. The Labute approximate surface area is 61.9 Å². The zero-order valence-corrected chi connectivity index (χ0v) is 5.96. The van der Waals surface area contributed by atoms with Gasteiger partial charge >= 0.3 is 6.18 Å². The summed E-state index contributed by atoms with van der Waals surface area (Å²) in [7, 11) is 1.41. The fraction of sp³-hybridized carbons (Fsp3) is 0.800. The fourth-order valence-electron chi connectivity index (χ4n) is 0.457. The van der Waals surface area contributed by atoms with Crippen LogP contribution in [0.2, 0.25) is 0 Å².